The van der Waals surface area contributed by atoms with Gasteiger partial charge < -0.3 is 0 Å². The molecule has 1 N–H and O–H groups in total. The van der Waals surface area contributed by atoms with Crippen LogP contribution in [-0.4, -0.2) is 38.9 Å². The minimum Gasteiger partial charge on any atom is -0.270 e. The maximum absolute atomic E-state index is 13.0. The first-order chi connectivity index (χ1) is 11.3. The Morgan fingerprint density at radius 1 is 1.33 bits per heavy atom. The Kier molecular flexibility index (Phi) is 5.44. The van der Waals surface area contributed by atoms with Crippen LogP contribution in [0, 0.1) is 12.7 Å². The number of nitrogens with one attached hydrogen (secondary N) is 1. The molecule has 1 aromatic carbocycles. The van der Waals surface area contributed by atoms with Crippen LogP contribution in [0.5, 0.6) is 0 Å². The smallest absolute Gasteiger partial charge is 0.270 e. The van der Waals surface area contributed by atoms with Gasteiger partial charge in [0.1, 0.15) is 17.7 Å². The van der Waals surface area contributed by atoms with Crippen LogP contribution in [0.3, 0.4) is 0 Å². The Labute approximate surface area is 133 Å². The van der Waals surface area contributed by atoms with E-state index in [1.165, 1.54) is 31.2 Å². The molecule has 0 aliphatic carbocycles. The first-order valence-electron chi connectivity index (χ1n) is 6.73. The fourth-order valence-electron chi connectivity index (χ4n) is 1.92. The van der Waals surface area contributed by atoms with Gasteiger partial charge in [0.05, 0.1) is 0 Å². The molecule has 1 unspecified atom stereocenters. The number of benzene rings is 1. The lowest BCUT2D eigenvalue weighted by Gasteiger charge is -2.17. The number of aryl methyl sites for hydroxylation is 1. The fourth-order valence-corrected chi connectivity index (χ4v) is 1.92. The Hall–Kier alpha value is -2.56. The summed E-state index contributed by atoms with van der Waals surface area (Å²) in [6, 6.07) is 4.25. The van der Waals surface area contributed by atoms with Crippen molar-refractivity contribution in [2.75, 3.05) is 6.61 Å². The third-order valence-electron chi connectivity index (χ3n) is 3.01. The van der Waals surface area contributed by atoms with Crippen molar-refractivity contribution < 1.29 is 27.2 Å². The van der Waals surface area contributed by atoms with Crippen LogP contribution in [0.2, 0.25) is 0 Å². The van der Waals surface area contributed by atoms with Gasteiger partial charge in [-0.3, -0.25) is 9.63 Å². The highest BCUT2D eigenvalue weighted by molar-refractivity contribution is 5.79. The van der Waals surface area contributed by atoms with Crippen LogP contribution in [0.1, 0.15) is 17.4 Å². The molecule has 1 atom stereocenters. The van der Waals surface area contributed by atoms with Crippen molar-refractivity contribution in [2.24, 2.45) is 0 Å². The van der Waals surface area contributed by atoms with Crippen molar-refractivity contribution in [3.8, 4) is 0 Å². The molecule has 0 aliphatic heterocycles. The second kappa shape index (κ2) is 7.34. The molecule has 0 saturated carbocycles. The zero-order chi connectivity index (χ0) is 17.7. The van der Waals surface area contributed by atoms with Gasteiger partial charge in [-0.05, 0) is 35.0 Å². The Morgan fingerprint density at radius 3 is 2.54 bits per heavy atom. The molecule has 1 heterocycles. The predicted octanol–water partition coefficient (Wildman–Crippen LogP) is 1.51. The van der Waals surface area contributed by atoms with Crippen molar-refractivity contribution >= 4 is 5.91 Å². The molecular formula is C13H13F4N5O2. The largest absolute Gasteiger partial charge is 0.414 e. The van der Waals surface area contributed by atoms with Crippen molar-refractivity contribution in [3.05, 3.63) is 41.5 Å². The van der Waals surface area contributed by atoms with E-state index in [1.54, 1.807) is 5.48 Å². The average Bonchev–Trinajstić information content (AvgIpc) is 2.91. The summed E-state index contributed by atoms with van der Waals surface area (Å²) in [6.45, 7) is -0.0991. The summed E-state index contributed by atoms with van der Waals surface area (Å²) in [6.07, 6.45) is -4.54. The number of alkyl halides is 3. The Bertz CT molecular complexity index is 686. The average molecular weight is 347 g/mol. The molecule has 2 rings (SSSR count). The summed E-state index contributed by atoms with van der Waals surface area (Å²) in [5.41, 5.74) is 2.31. The van der Waals surface area contributed by atoms with Gasteiger partial charge in [0.15, 0.2) is 6.61 Å². The predicted molar refractivity (Wildman–Crippen MR) is 71.8 cm³/mol. The number of hydrogen-bond acceptors (Lipinski definition) is 5. The zero-order valence-electron chi connectivity index (χ0n) is 12.4. The summed E-state index contributed by atoms with van der Waals surface area (Å²) in [7, 11) is 0. The number of rotatable bonds is 6. The molecule has 24 heavy (non-hydrogen) atoms. The van der Waals surface area contributed by atoms with Gasteiger partial charge in [0.2, 0.25) is 0 Å². The van der Waals surface area contributed by atoms with Crippen LogP contribution >= 0.6 is 0 Å². The van der Waals surface area contributed by atoms with E-state index < -0.39 is 30.5 Å². The molecule has 0 fully saturated rings. The number of carbonyl (C=O) groups excluding carboxylic acids is 1. The van der Waals surface area contributed by atoms with Gasteiger partial charge in [0.25, 0.3) is 5.91 Å². The molecule has 2 aromatic rings. The second-order valence-corrected chi connectivity index (χ2v) is 4.89. The van der Waals surface area contributed by atoms with Crippen LogP contribution in [-0.2, 0) is 16.1 Å². The van der Waals surface area contributed by atoms with Crippen LogP contribution in [0.15, 0.2) is 24.3 Å². The molecule has 1 amide bonds. The number of halogens is 4. The van der Waals surface area contributed by atoms with Crippen molar-refractivity contribution in [1.29, 1.82) is 0 Å². The molecule has 0 spiro atoms. The topological polar surface area (TPSA) is 81.9 Å². The van der Waals surface area contributed by atoms with E-state index in [1.807, 2.05) is 0 Å². The number of tetrazole rings is 1. The number of aromatic nitrogens is 4. The maximum Gasteiger partial charge on any atom is 0.414 e. The molecule has 11 heteroatoms. The lowest BCUT2D eigenvalue weighted by atomic mass is 10.1. The minimum absolute atomic E-state index is 0.0351. The quantitative estimate of drug-likeness (QED) is 0.633. The van der Waals surface area contributed by atoms with Crippen LogP contribution in [0.4, 0.5) is 17.6 Å². The first-order valence-corrected chi connectivity index (χ1v) is 6.73. The minimum atomic E-state index is -4.58. The van der Waals surface area contributed by atoms with E-state index in [-0.39, 0.29) is 12.2 Å². The second-order valence-electron chi connectivity index (χ2n) is 4.89. The lowest BCUT2D eigenvalue weighted by molar-refractivity contribution is -0.192. The summed E-state index contributed by atoms with van der Waals surface area (Å²) in [4.78, 5) is 16.3. The summed E-state index contributed by atoms with van der Waals surface area (Å²) >= 11 is 0. The highest BCUT2D eigenvalue weighted by Crippen LogP contribution is 2.17. The highest BCUT2D eigenvalue weighted by atomic mass is 19.4. The van der Waals surface area contributed by atoms with Gasteiger partial charge in [-0.1, -0.05) is 12.1 Å². The molecule has 0 aliphatic rings. The van der Waals surface area contributed by atoms with Gasteiger partial charge in [-0.2, -0.15) is 13.2 Å². The number of hydrogen-bond donors (Lipinski definition) is 1. The van der Waals surface area contributed by atoms with Crippen LogP contribution < -0.4 is 5.48 Å². The number of nitrogens with zero attached hydrogens (tertiary/aromatic N) is 4. The molecule has 1 aromatic heterocycles. The molecule has 0 bridgehead atoms. The van der Waals surface area contributed by atoms with Gasteiger partial charge >= 0.3 is 6.18 Å². The Balaban J connectivity index is 2.12. The monoisotopic (exact) mass is 347 g/mol. The molecular weight excluding hydrogens is 334 g/mol. The van der Waals surface area contributed by atoms with Crippen molar-refractivity contribution in [1.82, 2.24) is 25.7 Å². The van der Waals surface area contributed by atoms with Gasteiger partial charge in [0, 0.05) is 6.42 Å². The SMILES string of the molecule is Cc1nnnn1C(Cc1ccc(F)cc1)C(=O)NOCC(F)(F)F. The summed E-state index contributed by atoms with van der Waals surface area (Å²) in [5, 5.41) is 10.7. The van der Waals surface area contributed by atoms with Gasteiger partial charge in [-0.15, -0.1) is 5.10 Å². The van der Waals surface area contributed by atoms with Gasteiger partial charge in [-0.25, -0.2) is 14.6 Å². The fraction of sp³-hybridized carbons (Fsp3) is 0.385. The normalized spacial score (nSPS) is 12.9. The molecule has 0 radical (unpaired) electrons. The highest BCUT2D eigenvalue weighted by Gasteiger charge is 2.30. The molecule has 0 saturated heterocycles. The summed E-state index contributed by atoms with van der Waals surface area (Å²) < 4.78 is 50.3. The third kappa shape index (κ3) is 4.98. The van der Waals surface area contributed by atoms with E-state index in [9.17, 15) is 22.4 Å². The van der Waals surface area contributed by atoms with E-state index in [0.29, 0.717) is 5.56 Å². The number of hydroxylamine groups is 1. The third-order valence-corrected chi connectivity index (χ3v) is 3.01. The number of carbonyl (C=O) groups is 1. The van der Waals surface area contributed by atoms with E-state index in [0.717, 1.165) is 4.68 Å². The lowest BCUT2D eigenvalue weighted by Crippen LogP contribution is -2.37. The first kappa shape index (κ1) is 17.8. The van der Waals surface area contributed by atoms with Crippen LogP contribution in [0.25, 0.3) is 0 Å². The molecule has 7 nitrogen and oxygen atoms in total. The van der Waals surface area contributed by atoms with Crippen molar-refractivity contribution in [2.45, 2.75) is 25.6 Å². The van der Waals surface area contributed by atoms with E-state index >= 15 is 0 Å². The van der Waals surface area contributed by atoms with E-state index in [4.69, 9.17) is 0 Å². The standard InChI is InChI=1S/C13H13F4N5O2/c1-8-18-20-21-22(8)11(6-9-2-4-10(14)5-3-9)12(23)19-24-7-13(15,16)17/h2-5,11H,6-7H2,1H3,(H,19,23). The zero-order valence-corrected chi connectivity index (χ0v) is 12.4. The number of amides is 1. The molecule has 130 valence electrons. The maximum atomic E-state index is 13.0. The Morgan fingerprint density at radius 2 is 2.00 bits per heavy atom. The van der Waals surface area contributed by atoms with Crippen molar-refractivity contribution in [3.63, 3.8) is 0 Å². The summed E-state index contributed by atoms with van der Waals surface area (Å²) in [5.74, 6) is -1.03. The van der Waals surface area contributed by atoms with E-state index in [2.05, 4.69) is 20.4 Å².